The van der Waals surface area contributed by atoms with E-state index in [0.717, 1.165) is 122 Å². The Kier molecular flexibility index (Phi) is 11.4. The van der Waals surface area contributed by atoms with Crippen molar-refractivity contribution in [2.75, 3.05) is 55.6 Å². The molecular weight excluding hydrogens is 773 g/mol. The number of aromatic amines is 1. The van der Waals surface area contributed by atoms with E-state index in [1.165, 1.54) is 12.8 Å². The Morgan fingerprint density at radius 1 is 0.803 bits per heavy atom. The van der Waals surface area contributed by atoms with Gasteiger partial charge in [-0.25, -0.2) is 14.8 Å². The number of imidazole rings is 1. The highest BCUT2D eigenvalue weighted by Gasteiger charge is 2.33. The molecule has 15 nitrogen and oxygen atoms in total. The third kappa shape index (κ3) is 8.77. The van der Waals surface area contributed by atoms with E-state index in [9.17, 15) is 14.4 Å². The van der Waals surface area contributed by atoms with E-state index in [1.807, 2.05) is 58.9 Å². The largest absolute Gasteiger partial charge is 0.488 e. The predicted molar refractivity (Wildman–Crippen MR) is 236 cm³/mol. The van der Waals surface area contributed by atoms with Gasteiger partial charge in [0.05, 0.1) is 34.5 Å². The van der Waals surface area contributed by atoms with Crippen molar-refractivity contribution < 1.29 is 19.1 Å². The van der Waals surface area contributed by atoms with Gasteiger partial charge in [-0.05, 0) is 122 Å². The van der Waals surface area contributed by atoms with Gasteiger partial charge in [-0.3, -0.25) is 34.0 Å². The van der Waals surface area contributed by atoms with Gasteiger partial charge in [0.25, 0.3) is 0 Å². The first-order valence-corrected chi connectivity index (χ1v) is 22.3. The summed E-state index contributed by atoms with van der Waals surface area (Å²) < 4.78 is 16.2. The standard InChI is InChI=1S/C46H60N10O5/c1-29(2)55-40-24-31(8-13-38(40)56(45(55)59)39-14-15-42(57)49-44(39)58)53-18-16-33(17-19-53)60-32-9-6-30(7-10-32)27-52-20-22-54(23-21-52)41-26-37(47-28-48-41)43-35-25-34(61-46(3,4)5)11-12-36(35)50-51-43/h8,11-13,24-26,28-30,32-33,39H,6-7,9-10,14-23,27H2,1-5H3,(H,50,51)(H,49,57,58). The molecule has 15 heteroatoms. The number of piperazine rings is 1. The Balaban J connectivity index is 0.737. The lowest BCUT2D eigenvalue weighted by atomic mass is 9.86. The normalized spacial score (nSPS) is 22.4. The molecule has 0 spiro atoms. The highest BCUT2D eigenvalue weighted by molar-refractivity contribution is 6.00. The number of rotatable bonds is 10. The number of nitrogens with one attached hydrogen (secondary N) is 2. The third-order valence-electron chi connectivity index (χ3n) is 13.0. The van der Waals surface area contributed by atoms with Gasteiger partial charge in [0.2, 0.25) is 11.8 Å². The van der Waals surface area contributed by atoms with Crippen LogP contribution in [-0.2, 0) is 14.3 Å². The number of ether oxygens (including phenoxy) is 2. The van der Waals surface area contributed by atoms with Crippen LogP contribution < -0.4 is 25.5 Å². The highest BCUT2D eigenvalue weighted by atomic mass is 16.5. The van der Waals surface area contributed by atoms with Crippen molar-refractivity contribution in [2.24, 2.45) is 5.92 Å². The van der Waals surface area contributed by atoms with Crippen LogP contribution in [0.5, 0.6) is 5.75 Å². The van der Waals surface area contributed by atoms with Crippen LogP contribution in [0.4, 0.5) is 11.5 Å². The second kappa shape index (κ2) is 16.9. The smallest absolute Gasteiger partial charge is 0.330 e. The number of nitrogens with zero attached hydrogens (tertiary/aromatic N) is 8. The predicted octanol–water partition coefficient (Wildman–Crippen LogP) is 6.24. The average Bonchev–Trinajstić information content (AvgIpc) is 3.79. The van der Waals surface area contributed by atoms with E-state index in [4.69, 9.17) is 9.47 Å². The second-order valence-electron chi connectivity index (χ2n) is 18.8. The summed E-state index contributed by atoms with van der Waals surface area (Å²) in [7, 11) is 0. The van der Waals surface area contributed by atoms with Crippen LogP contribution in [0.2, 0.25) is 0 Å². The van der Waals surface area contributed by atoms with Crippen LogP contribution in [0.25, 0.3) is 33.3 Å². The minimum atomic E-state index is -0.691. The van der Waals surface area contributed by atoms with E-state index in [1.54, 1.807) is 15.5 Å². The van der Waals surface area contributed by atoms with Crippen molar-refractivity contribution in [1.29, 1.82) is 0 Å². The number of hydrogen-bond acceptors (Lipinski definition) is 11. The fourth-order valence-corrected chi connectivity index (χ4v) is 9.91. The Labute approximate surface area is 356 Å². The average molecular weight is 833 g/mol. The van der Waals surface area contributed by atoms with Crippen molar-refractivity contribution in [1.82, 2.24) is 39.5 Å². The molecule has 4 aliphatic rings. The van der Waals surface area contributed by atoms with Gasteiger partial charge < -0.3 is 19.3 Å². The fraction of sp³-hybridized carbons (Fsp3) is 0.565. The van der Waals surface area contributed by atoms with Crippen molar-refractivity contribution in [3.63, 3.8) is 0 Å². The van der Waals surface area contributed by atoms with Crippen molar-refractivity contribution >= 4 is 45.3 Å². The molecule has 2 amide bonds. The number of piperidine rings is 2. The van der Waals surface area contributed by atoms with Gasteiger partial charge in [-0.1, -0.05) is 0 Å². The van der Waals surface area contributed by atoms with Crippen molar-refractivity contribution in [2.45, 2.75) is 116 Å². The molecule has 1 saturated carbocycles. The Morgan fingerprint density at radius 3 is 2.28 bits per heavy atom. The van der Waals surface area contributed by atoms with E-state index < -0.39 is 11.9 Å². The summed E-state index contributed by atoms with van der Waals surface area (Å²) in [4.78, 5) is 54.9. The molecule has 4 fully saturated rings. The van der Waals surface area contributed by atoms with Gasteiger partial charge >= 0.3 is 5.69 Å². The quantitative estimate of drug-likeness (QED) is 0.154. The van der Waals surface area contributed by atoms with Crippen LogP contribution in [0, 0.1) is 5.92 Å². The van der Waals surface area contributed by atoms with Crippen LogP contribution >= 0.6 is 0 Å². The summed E-state index contributed by atoms with van der Waals surface area (Å²) in [6.45, 7) is 16.9. The van der Waals surface area contributed by atoms with Gasteiger partial charge in [0.1, 0.15) is 35.2 Å². The molecule has 3 aromatic heterocycles. The molecule has 0 bridgehead atoms. The number of benzene rings is 2. The minimum Gasteiger partial charge on any atom is -0.488 e. The number of carbonyl (C=O) groups excluding carboxylic acids is 2. The number of aromatic nitrogens is 6. The number of anilines is 2. The molecular formula is C46H60N10O5. The zero-order valence-electron chi connectivity index (χ0n) is 36.2. The molecule has 1 aliphatic carbocycles. The minimum absolute atomic E-state index is 0.0799. The lowest BCUT2D eigenvalue weighted by Gasteiger charge is -2.39. The molecule has 3 saturated heterocycles. The zero-order chi connectivity index (χ0) is 42.4. The zero-order valence-corrected chi connectivity index (χ0v) is 36.2. The summed E-state index contributed by atoms with van der Waals surface area (Å²) in [5.41, 5.74) is 4.67. The Bertz CT molecular complexity index is 2440. The Hall–Kier alpha value is -5.28. The number of fused-ring (bicyclic) bond motifs is 2. The molecule has 1 unspecified atom stereocenters. The topological polar surface area (TPSA) is 156 Å². The first-order chi connectivity index (χ1) is 29.4. The molecule has 3 aliphatic heterocycles. The van der Waals surface area contributed by atoms with E-state index >= 15 is 0 Å². The van der Waals surface area contributed by atoms with Gasteiger partial charge in [0.15, 0.2) is 0 Å². The molecule has 2 N–H and O–H groups in total. The molecule has 2 aromatic carbocycles. The lowest BCUT2D eigenvalue weighted by molar-refractivity contribution is -0.135. The molecule has 61 heavy (non-hydrogen) atoms. The lowest BCUT2D eigenvalue weighted by Crippen LogP contribution is -2.48. The number of amides is 2. The first-order valence-electron chi connectivity index (χ1n) is 22.3. The van der Waals surface area contributed by atoms with Gasteiger partial charge in [-0.15, -0.1) is 0 Å². The van der Waals surface area contributed by atoms with Crippen LogP contribution in [0.3, 0.4) is 0 Å². The maximum absolute atomic E-state index is 13.7. The third-order valence-corrected chi connectivity index (χ3v) is 13.0. The molecule has 5 aromatic rings. The number of carbonyl (C=O) groups is 2. The molecule has 0 radical (unpaired) electrons. The number of hydrogen-bond donors (Lipinski definition) is 2. The van der Waals surface area contributed by atoms with Crippen molar-refractivity contribution in [3.05, 3.63) is 59.3 Å². The summed E-state index contributed by atoms with van der Waals surface area (Å²) in [6.07, 6.45) is 9.36. The molecule has 6 heterocycles. The Morgan fingerprint density at radius 2 is 1.56 bits per heavy atom. The molecule has 1 atom stereocenters. The maximum atomic E-state index is 13.7. The summed E-state index contributed by atoms with van der Waals surface area (Å²) >= 11 is 0. The molecule has 9 rings (SSSR count). The van der Waals surface area contributed by atoms with Crippen molar-refractivity contribution in [3.8, 4) is 17.1 Å². The number of imide groups is 1. The van der Waals surface area contributed by atoms with Crippen LogP contribution in [0.15, 0.2) is 53.6 Å². The van der Waals surface area contributed by atoms with E-state index in [-0.39, 0.29) is 35.8 Å². The monoisotopic (exact) mass is 832 g/mol. The number of H-pyrrole nitrogens is 1. The van der Waals surface area contributed by atoms with Crippen LogP contribution in [-0.4, -0.2) is 110 Å². The van der Waals surface area contributed by atoms with E-state index in [2.05, 4.69) is 58.4 Å². The summed E-state index contributed by atoms with van der Waals surface area (Å²) in [6, 6.07) is 13.4. The van der Waals surface area contributed by atoms with Crippen LogP contribution in [0.1, 0.15) is 98.1 Å². The fourth-order valence-electron chi connectivity index (χ4n) is 9.91. The maximum Gasteiger partial charge on any atom is 0.330 e. The van der Waals surface area contributed by atoms with Gasteiger partial charge in [-0.2, -0.15) is 5.10 Å². The summed E-state index contributed by atoms with van der Waals surface area (Å²) in [5.74, 6) is 1.74. The molecule has 324 valence electrons. The van der Waals surface area contributed by atoms with Gasteiger partial charge in [0, 0.05) is 75.4 Å². The highest BCUT2D eigenvalue weighted by Crippen LogP contribution is 2.34. The second-order valence-corrected chi connectivity index (χ2v) is 18.8. The SMILES string of the molecule is CC(C)n1c(=O)n(C2CCC(=O)NC2=O)c2ccc(N3CCC(OC4CCC(CN5CCN(c6cc(-c7n[nH]c8ccc(OC(C)(C)C)cc78)ncn6)CC5)CC4)CC3)cc21. The van der Waals surface area contributed by atoms with E-state index in [0.29, 0.717) is 18.4 Å². The summed E-state index contributed by atoms with van der Waals surface area (Å²) in [5, 5.41) is 11.2. The first kappa shape index (κ1) is 41.1.